The summed E-state index contributed by atoms with van der Waals surface area (Å²) in [6, 6.07) is -0.307. The molecule has 0 radical (unpaired) electrons. The Labute approximate surface area is 237 Å². The van der Waals surface area contributed by atoms with Crippen LogP contribution in [0.3, 0.4) is 0 Å². The van der Waals surface area contributed by atoms with Crippen LogP contribution in [0.15, 0.2) is 0 Å². The topological polar surface area (TPSA) is 99.2 Å². The number of hydrogen-bond donors (Lipinski definition) is 4. The van der Waals surface area contributed by atoms with Crippen LogP contribution in [0.25, 0.3) is 0 Å². The van der Waals surface area contributed by atoms with Gasteiger partial charge in [-0.3, -0.25) is 4.90 Å². The summed E-state index contributed by atoms with van der Waals surface area (Å²) in [5, 5.41) is 28.6. The summed E-state index contributed by atoms with van der Waals surface area (Å²) in [5.74, 6) is 0. The number of nitrogens with two attached hydrogens (primary N) is 1. The lowest BCUT2D eigenvalue weighted by Gasteiger charge is -2.31. The molecular formula is C32H68N2O4. The first-order valence-electron chi connectivity index (χ1n) is 16.3. The lowest BCUT2D eigenvalue weighted by Crippen LogP contribution is -2.45. The summed E-state index contributed by atoms with van der Waals surface area (Å²) in [4.78, 5) is 2.17. The van der Waals surface area contributed by atoms with Crippen LogP contribution < -0.4 is 5.73 Å². The number of aliphatic hydroxyl groups is 3. The van der Waals surface area contributed by atoms with E-state index in [1.165, 1.54) is 103 Å². The van der Waals surface area contributed by atoms with Gasteiger partial charge in [-0.1, -0.05) is 129 Å². The van der Waals surface area contributed by atoms with Gasteiger partial charge in [0, 0.05) is 0 Å². The number of likely N-dealkylation sites (N-methyl/N-ethyl adjacent to an activating group) is 1. The lowest BCUT2D eigenvalue weighted by molar-refractivity contribution is -0.0464. The van der Waals surface area contributed by atoms with Gasteiger partial charge >= 0.3 is 0 Å². The van der Waals surface area contributed by atoms with Gasteiger partial charge in [0.1, 0.15) is 5.72 Å². The Hall–Kier alpha value is -0.240. The second kappa shape index (κ2) is 24.5. The zero-order valence-corrected chi connectivity index (χ0v) is 26.1. The van der Waals surface area contributed by atoms with Crippen molar-refractivity contribution in [3.05, 3.63) is 0 Å². The number of unbranched alkanes of at least 4 members (excludes halogenated alkanes) is 16. The highest BCUT2D eigenvalue weighted by molar-refractivity contribution is 4.88. The molecular weight excluding hydrogens is 476 g/mol. The maximum atomic E-state index is 10.3. The van der Waals surface area contributed by atoms with E-state index in [4.69, 9.17) is 15.6 Å². The summed E-state index contributed by atoms with van der Waals surface area (Å²) < 4.78 is 5.74. The number of nitrogens with zero attached hydrogens (tertiary/aromatic N) is 1. The molecule has 0 bridgehead atoms. The van der Waals surface area contributed by atoms with E-state index in [9.17, 15) is 10.2 Å². The predicted molar refractivity (Wildman–Crippen MR) is 162 cm³/mol. The monoisotopic (exact) mass is 545 g/mol. The molecule has 0 aromatic carbocycles. The van der Waals surface area contributed by atoms with Crippen LogP contribution in [-0.4, -0.2) is 70.5 Å². The first-order chi connectivity index (χ1) is 18.2. The molecule has 1 aliphatic heterocycles. The van der Waals surface area contributed by atoms with E-state index < -0.39 is 12.1 Å². The van der Waals surface area contributed by atoms with Crippen molar-refractivity contribution in [1.82, 2.24) is 4.90 Å². The highest BCUT2D eigenvalue weighted by Gasteiger charge is 2.40. The van der Waals surface area contributed by atoms with E-state index in [-0.39, 0.29) is 24.5 Å². The largest absolute Gasteiger partial charge is 0.395 e. The number of hydrogen-bond acceptors (Lipinski definition) is 6. The van der Waals surface area contributed by atoms with Gasteiger partial charge < -0.3 is 25.8 Å². The van der Waals surface area contributed by atoms with Gasteiger partial charge in [0.2, 0.25) is 0 Å². The maximum Gasteiger partial charge on any atom is 0.116 e. The van der Waals surface area contributed by atoms with E-state index in [0.717, 1.165) is 25.7 Å². The number of rotatable bonds is 23. The highest BCUT2D eigenvalue weighted by Crippen LogP contribution is 2.28. The summed E-state index contributed by atoms with van der Waals surface area (Å²) in [5.41, 5.74) is 5.29. The van der Waals surface area contributed by atoms with Gasteiger partial charge in [-0.25, -0.2) is 0 Å². The van der Waals surface area contributed by atoms with Crippen LogP contribution in [0.5, 0.6) is 0 Å². The van der Waals surface area contributed by atoms with Gasteiger partial charge in [0.25, 0.3) is 0 Å². The van der Waals surface area contributed by atoms with Crippen LogP contribution in [0.4, 0.5) is 0 Å². The van der Waals surface area contributed by atoms with E-state index in [1.807, 2.05) is 0 Å². The van der Waals surface area contributed by atoms with Gasteiger partial charge in [-0.15, -0.1) is 0 Å². The molecule has 1 heterocycles. The van der Waals surface area contributed by atoms with Gasteiger partial charge in [0.15, 0.2) is 0 Å². The van der Waals surface area contributed by atoms with Gasteiger partial charge in [0.05, 0.1) is 37.5 Å². The maximum absolute atomic E-state index is 10.3. The van der Waals surface area contributed by atoms with Gasteiger partial charge in [-0.2, -0.15) is 0 Å². The minimum atomic E-state index is -0.537. The van der Waals surface area contributed by atoms with Crippen molar-refractivity contribution in [3.8, 4) is 0 Å². The molecule has 0 amide bonds. The fourth-order valence-electron chi connectivity index (χ4n) is 5.13. The Balaban J connectivity index is 0.000000739. The quantitative estimate of drug-likeness (QED) is 0.104. The van der Waals surface area contributed by atoms with Crippen LogP contribution in [-0.2, 0) is 4.74 Å². The fourth-order valence-corrected chi connectivity index (χ4v) is 5.13. The Morgan fingerprint density at radius 2 is 1.13 bits per heavy atom. The molecule has 1 fully saturated rings. The Bertz CT molecular complexity index is 506. The van der Waals surface area contributed by atoms with E-state index >= 15 is 0 Å². The fraction of sp³-hybridized carbons (Fsp3) is 1.00. The molecule has 5 N–H and O–H groups in total. The zero-order chi connectivity index (χ0) is 28.7. The van der Waals surface area contributed by atoms with Crippen LogP contribution in [0.2, 0.25) is 0 Å². The minimum Gasteiger partial charge on any atom is -0.395 e. The average molecular weight is 545 g/mol. The first kappa shape index (κ1) is 37.8. The van der Waals surface area contributed by atoms with Gasteiger partial charge in [-0.05, 0) is 33.7 Å². The molecule has 0 aromatic rings. The van der Waals surface area contributed by atoms with E-state index in [1.54, 1.807) is 0 Å². The summed E-state index contributed by atoms with van der Waals surface area (Å²) in [6.45, 7) is 9.17. The highest BCUT2D eigenvalue weighted by atomic mass is 16.5. The normalized spacial score (nSPS) is 19.7. The van der Waals surface area contributed by atoms with Crippen molar-refractivity contribution >= 4 is 0 Å². The molecule has 1 saturated heterocycles. The summed E-state index contributed by atoms with van der Waals surface area (Å²) in [6.07, 6.45) is 24.3. The Morgan fingerprint density at radius 1 is 0.737 bits per heavy atom. The molecule has 4 atom stereocenters. The van der Waals surface area contributed by atoms with E-state index in [0.29, 0.717) is 6.61 Å². The Kier molecular flexibility index (Phi) is 24.4. The Morgan fingerprint density at radius 3 is 1.50 bits per heavy atom. The SMILES string of the molecule is CCCCCCCCCCCC(O)[C@@H](N)CO.CCCCCCCCCCCC(O)[C@@H]1COC(C)(C)N1C. The van der Waals surface area contributed by atoms with Crippen molar-refractivity contribution in [2.24, 2.45) is 5.73 Å². The lowest BCUT2D eigenvalue weighted by atomic mass is 10.0. The molecule has 6 heteroatoms. The van der Waals surface area contributed by atoms with Crippen LogP contribution >= 0.6 is 0 Å². The standard InChI is InChI=1S/C18H37NO2.C14H31NO2/c1-5-6-7-8-9-10-11-12-13-14-17(20)16-15-21-18(2,3)19(16)4;1-2-3-4-5-6-7-8-9-10-11-14(17)13(15)12-16/h16-17,20H,5-15H2,1-4H3;13-14,16-17H,2-12,15H2,1H3/t16-,17?;13-,14?/m00/s1. The molecule has 230 valence electrons. The van der Waals surface area contributed by atoms with Crippen molar-refractivity contribution in [3.63, 3.8) is 0 Å². The van der Waals surface area contributed by atoms with E-state index in [2.05, 4.69) is 39.6 Å². The third kappa shape index (κ3) is 18.9. The number of aliphatic hydroxyl groups excluding tert-OH is 3. The summed E-state index contributed by atoms with van der Waals surface area (Å²) >= 11 is 0. The third-order valence-electron chi connectivity index (χ3n) is 8.31. The summed E-state index contributed by atoms with van der Waals surface area (Å²) in [7, 11) is 2.05. The second-order valence-corrected chi connectivity index (χ2v) is 12.2. The smallest absolute Gasteiger partial charge is 0.116 e. The predicted octanol–water partition coefficient (Wildman–Crippen LogP) is 6.92. The van der Waals surface area contributed by atoms with Crippen LogP contribution in [0.1, 0.15) is 156 Å². The van der Waals surface area contributed by atoms with Crippen LogP contribution in [0, 0.1) is 0 Å². The van der Waals surface area contributed by atoms with Crippen molar-refractivity contribution in [2.45, 2.75) is 186 Å². The molecule has 1 rings (SSSR count). The third-order valence-corrected chi connectivity index (χ3v) is 8.31. The molecule has 2 unspecified atom stereocenters. The molecule has 6 nitrogen and oxygen atoms in total. The minimum absolute atomic E-state index is 0.126. The second-order valence-electron chi connectivity index (χ2n) is 12.2. The number of ether oxygens (including phenoxy) is 1. The molecule has 38 heavy (non-hydrogen) atoms. The van der Waals surface area contributed by atoms with Crippen molar-refractivity contribution < 1.29 is 20.1 Å². The molecule has 1 aliphatic rings. The molecule has 0 aliphatic carbocycles. The molecule has 0 spiro atoms. The van der Waals surface area contributed by atoms with Crippen molar-refractivity contribution in [1.29, 1.82) is 0 Å². The molecule has 0 aromatic heterocycles. The first-order valence-corrected chi connectivity index (χ1v) is 16.3. The average Bonchev–Trinajstić information content (AvgIpc) is 3.18. The zero-order valence-electron chi connectivity index (χ0n) is 26.1. The van der Waals surface area contributed by atoms with Crippen molar-refractivity contribution in [2.75, 3.05) is 20.3 Å². The molecule has 0 saturated carbocycles.